The average molecular weight is 392 g/mol. The lowest BCUT2D eigenvalue weighted by atomic mass is 10.1. The maximum absolute atomic E-state index is 13.0. The van der Waals surface area contributed by atoms with Crippen LogP contribution in [0.3, 0.4) is 0 Å². The Labute approximate surface area is 127 Å². The molecular formula is C13H8ClFINO2. The van der Waals surface area contributed by atoms with Gasteiger partial charge in [-0.3, -0.25) is 0 Å². The third-order valence-corrected chi connectivity index (χ3v) is 3.54. The highest BCUT2D eigenvalue weighted by molar-refractivity contribution is 14.1. The lowest BCUT2D eigenvalue weighted by molar-refractivity contribution is 0.0698. The summed E-state index contributed by atoms with van der Waals surface area (Å²) in [5, 5.41) is 12.4. The molecule has 0 aliphatic rings. The fourth-order valence-corrected chi connectivity index (χ4v) is 2.32. The van der Waals surface area contributed by atoms with E-state index in [9.17, 15) is 9.18 Å². The van der Waals surface area contributed by atoms with E-state index >= 15 is 0 Å². The second-order valence-electron chi connectivity index (χ2n) is 3.74. The first-order valence-corrected chi connectivity index (χ1v) is 6.68. The van der Waals surface area contributed by atoms with Gasteiger partial charge in [0.05, 0.1) is 16.9 Å². The highest BCUT2D eigenvalue weighted by Gasteiger charge is 2.12. The summed E-state index contributed by atoms with van der Waals surface area (Å²) in [6, 6.07) is 8.75. The van der Waals surface area contributed by atoms with Gasteiger partial charge < -0.3 is 10.4 Å². The average Bonchev–Trinajstić information content (AvgIpc) is 2.34. The lowest BCUT2D eigenvalue weighted by Crippen LogP contribution is -2.03. The molecule has 0 saturated heterocycles. The standard InChI is InChI=1S/C13H8ClFINO2/c14-7-1-3-11(9(5-7)13(18)19)17-12-4-2-8(15)6-10(12)16/h1-6,17H,(H,18,19). The largest absolute Gasteiger partial charge is 0.478 e. The van der Waals surface area contributed by atoms with E-state index in [1.807, 2.05) is 22.6 Å². The summed E-state index contributed by atoms with van der Waals surface area (Å²) in [6.07, 6.45) is 0. The van der Waals surface area contributed by atoms with Crippen LogP contribution >= 0.6 is 34.2 Å². The van der Waals surface area contributed by atoms with Crippen LogP contribution < -0.4 is 5.32 Å². The van der Waals surface area contributed by atoms with Gasteiger partial charge in [0.1, 0.15) is 5.82 Å². The number of aromatic carboxylic acids is 1. The summed E-state index contributed by atoms with van der Waals surface area (Å²) in [5.41, 5.74) is 1.10. The minimum atomic E-state index is -1.08. The number of carbonyl (C=O) groups is 1. The maximum atomic E-state index is 13.0. The summed E-state index contributed by atoms with van der Waals surface area (Å²) in [4.78, 5) is 11.1. The maximum Gasteiger partial charge on any atom is 0.337 e. The summed E-state index contributed by atoms with van der Waals surface area (Å²) in [7, 11) is 0. The molecule has 0 fully saturated rings. The minimum Gasteiger partial charge on any atom is -0.478 e. The van der Waals surface area contributed by atoms with Crippen LogP contribution in [0.1, 0.15) is 10.4 Å². The van der Waals surface area contributed by atoms with Crippen molar-refractivity contribution in [1.29, 1.82) is 0 Å². The molecule has 0 aliphatic heterocycles. The fraction of sp³-hybridized carbons (Fsp3) is 0. The molecule has 0 saturated carbocycles. The van der Waals surface area contributed by atoms with Gasteiger partial charge in [-0.1, -0.05) is 11.6 Å². The topological polar surface area (TPSA) is 49.3 Å². The zero-order chi connectivity index (χ0) is 14.0. The van der Waals surface area contributed by atoms with E-state index in [2.05, 4.69) is 5.32 Å². The zero-order valence-corrected chi connectivity index (χ0v) is 12.4. The van der Waals surface area contributed by atoms with E-state index in [-0.39, 0.29) is 11.4 Å². The number of carboxylic acids is 1. The molecule has 0 aliphatic carbocycles. The van der Waals surface area contributed by atoms with Crippen molar-refractivity contribution in [3.8, 4) is 0 Å². The SMILES string of the molecule is O=C(O)c1cc(Cl)ccc1Nc1ccc(F)cc1I. The van der Waals surface area contributed by atoms with Crippen LogP contribution in [0.4, 0.5) is 15.8 Å². The van der Waals surface area contributed by atoms with Crippen molar-refractivity contribution in [2.75, 3.05) is 5.32 Å². The van der Waals surface area contributed by atoms with Gasteiger partial charge >= 0.3 is 5.97 Å². The normalized spacial score (nSPS) is 10.3. The molecule has 0 heterocycles. The number of rotatable bonds is 3. The number of carboxylic acid groups (broad SMARTS) is 1. The van der Waals surface area contributed by atoms with Gasteiger partial charge in [0.15, 0.2) is 0 Å². The quantitative estimate of drug-likeness (QED) is 0.756. The molecule has 3 nitrogen and oxygen atoms in total. The number of halogens is 3. The number of hydrogen-bond donors (Lipinski definition) is 2. The Morgan fingerprint density at radius 3 is 2.53 bits per heavy atom. The first-order chi connectivity index (χ1) is 8.97. The van der Waals surface area contributed by atoms with E-state index in [1.54, 1.807) is 18.2 Å². The van der Waals surface area contributed by atoms with Crippen LogP contribution in [0, 0.1) is 9.39 Å². The van der Waals surface area contributed by atoms with Crippen LogP contribution in [0.5, 0.6) is 0 Å². The summed E-state index contributed by atoms with van der Waals surface area (Å²) >= 11 is 7.75. The zero-order valence-electron chi connectivity index (χ0n) is 9.45. The molecule has 0 amide bonds. The van der Waals surface area contributed by atoms with Gasteiger partial charge in [-0.05, 0) is 59.0 Å². The van der Waals surface area contributed by atoms with E-state index in [4.69, 9.17) is 16.7 Å². The van der Waals surface area contributed by atoms with Gasteiger partial charge in [-0.2, -0.15) is 0 Å². The highest BCUT2D eigenvalue weighted by atomic mass is 127. The van der Waals surface area contributed by atoms with Gasteiger partial charge in [0.25, 0.3) is 0 Å². The Hall–Kier alpha value is -1.34. The van der Waals surface area contributed by atoms with E-state index in [1.165, 1.54) is 18.2 Å². The smallest absolute Gasteiger partial charge is 0.337 e. The van der Waals surface area contributed by atoms with Crippen molar-refractivity contribution < 1.29 is 14.3 Å². The minimum absolute atomic E-state index is 0.0626. The second kappa shape index (κ2) is 5.75. The van der Waals surface area contributed by atoms with Crippen LogP contribution in [0.25, 0.3) is 0 Å². The molecule has 2 N–H and O–H groups in total. The van der Waals surface area contributed by atoms with Crippen molar-refractivity contribution in [2.24, 2.45) is 0 Å². The van der Waals surface area contributed by atoms with Crippen molar-refractivity contribution in [3.05, 3.63) is 56.4 Å². The predicted octanol–water partition coefficient (Wildman–Crippen LogP) is 4.53. The first-order valence-electron chi connectivity index (χ1n) is 5.22. The predicted molar refractivity (Wildman–Crippen MR) is 80.8 cm³/mol. The van der Waals surface area contributed by atoms with Gasteiger partial charge in [-0.15, -0.1) is 0 Å². The molecule has 0 bridgehead atoms. The highest BCUT2D eigenvalue weighted by Crippen LogP contribution is 2.27. The number of hydrogen-bond acceptors (Lipinski definition) is 2. The Balaban J connectivity index is 2.40. The Morgan fingerprint density at radius 1 is 1.21 bits per heavy atom. The molecule has 0 atom stereocenters. The van der Waals surface area contributed by atoms with Crippen molar-refractivity contribution in [3.63, 3.8) is 0 Å². The lowest BCUT2D eigenvalue weighted by Gasteiger charge is -2.11. The van der Waals surface area contributed by atoms with Crippen molar-refractivity contribution >= 4 is 51.5 Å². The van der Waals surface area contributed by atoms with Crippen molar-refractivity contribution in [2.45, 2.75) is 0 Å². The molecule has 6 heteroatoms. The number of benzene rings is 2. The summed E-state index contributed by atoms with van der Waals surface area (Å²) in [5.74, 6) is -1.42. The fourth-order valence-electron chi connectivity index (χ4n) is 1.54. The van der Waals surface area contributed by atoms with E-state index in [0.717, 1.165) is 0 Å². The van der Waals surface area contributed by atoms with Crippen LogP contribution in [0.15, 0.2) is 36.4 Å². The number of nitrogens with one attached hydrogen (secondary N) is 1. The van der Waals surface area contributed by atoms with Gasteiger partial charge in [0, 0.05) is 8.59 Å². The molecule has 98 valence electrons. The Morgan fingerprint density at radius 2 is 1.89 bits per heavy atom. The Bertz CT molecular complexity index is 649. The van der Waals surface area contributed by atoms with Crippen molar-refractivity contribution in [1.82, 2.24) is 0 Å². The van der Waals surface area contributed by atoms with Crippen LogP contribution in [-0.2, 0) is 0 Å². The van der Waals surface area contributed by atoms with E-state index < -0.39 is 5.97 Å². The molecule has 0 radical (unpaired) electrons. The second-order valence-corrected chi connectivity index (χ2v) is 5.34. The monoisotopic (exact) mass is 391 g/mol. The molecule has 19 heavy (non-hydrogen) atoms. The first kappa shape index (κ1) is 14.1. The molecule has 0 unspecified atom stereocenters. The Kier molecular flexibility index (Phi) is 4.26. The van der Waals surface area contributed by atoms with Gasteiger partial charge in [-0.25, -0.2) is 9.18 Å². The van der Waals surface area contributed by atoms with E-state index in [0.29, 0.717) is 20.0 Å². The molecule has 0 spiro atoms. The van der Waals surface area contributed by atoms with Gasteiger partial charge in [0.2, 0.25) is 0 Å². The summed E-state index contributed by atoms with van der Waals surface area (Å²) in [6.45, 7) is 0. The summed E-state index contributed by atoms with van der Waals surface area (Å²) < 4.78 is 13.7. The molecule has 2 rings (SSSR count). The third kappa shape index (κ3) is 3.36. The van der Waals surface area contributed by atoms with Crippen LogP contribution in [0.2, 0.25) is 5.02 Å². The molecular weight excluding hydrogens is 384 g/mol. The number of anilines is 2. The third-order valence-electron chi connectivity index (χ3n) is 2.41. The van der Waals surface area contributed by atoms with Crippen LogP contribution in [-0.4, -0.2) is 11.1 Å². The molecule has 2 aromatic carbocycles. The molecule has 2 aromatic rings. The molecule has 0 aromatic heterocycles.